The number of ether oxygens (including phenoxy) is 1. The Hall–Kier alpha value is -1.64. The third kappa shape index (κ3) is 4.44. The van der Waals surface area contributed by atoms with Gasteiger partial charge in [0.15, 0.2) is 11.6 Å². The Balaban J connectivity index is 1.78. The Kier molecular flexibility index (Phi) is 6.39. The summed E-state index contributed by atoms with van der Waals surface area (Å²) in [5, 5.41) is -0.108. The van der Waals surface area contributed by atoms with E-state index in [1.54, 1.807) is 25.1 Å². The van der Waals surface area contributed by atoms with Crippen LogP contribution in [0.1, 0.15) is 24.2 Å². The van der Waals surface area contributed by atoms with E-state index in [0.29, 0.717) is 30.9 Å². The van der Waals surface area contributed by atoms with Gasteiger partial charge in [0.05, 0.1) is 11.5 Å². The molecule has 0 amide bonds. The zero-order chi connectivity index (χ0) is 19.4. The number of benzene rings is 2. The largest absolute Gasteiger partial charge is 0.491 e. The van der Waals surface area contributed by atoms with Crippen LogP contribution in [0.25, 0.3) is 0 Å². The van der Waals surface area contributed by atoms with Crippen molar-refractivity contribution in [2.45, 2.75) is 23.5 Å². The van der Waals surface area contributed by atoms with E-state index in [-0.39, 0.29) is 28.3 Å². The zero-order valence-corrected chi connectivity index (χ0v) is 16.5. The van der Waals surface area contributed by atoms with Crippen LogP contribution in [0.2, 0.25) is 0 Å². The molecule has 0 radical (unpaired) electrons. The second kappa shape index (κ2) is 8.58. The third-order valence-electron chi connectivity index (χ3n) is 4.39. The van der Waals surface area contributed by atoms with E-state index < -0.39 is 15.8 Å². The monoisotopic (exact) mass is 413 g/mol. The van der Waals surface area contributed by atoms with Crippen molar-refractivity contribution in [3.63, 3.8) is 0 Å². The van der Waals surface area contributed by atoms with Crippen molar-refractivity contribution >= 4 is 21.8 Å². The summed E-state index contributed by atoms with van der Waals surface area (Å²) < 4.78 is 60.4. The Morgan fingerprint density at radius 1 is 1.15 bits per heavy atom. The molecule has 1 fully saturated rings. The molecule has 0 saturated carbocycles. The molecule has 4 nitrogen and oxygen atoms in total. The highest BCUT2D eigenvalue weighted by Gasteiger charge is 2.29. The zero-order valence-electron chi connectivity index (χ0n) is 14.9. The summed E-state index contributed by atoms with van der Waals surface area (Å²) in [7, 11) is -3.82. The molecule has 8 heteroatoms. The van der Waals surface area contributed by atoms with Gasteiger partial charge in [-0.25, -0.2) is 17.2 Å². The molecule has 1 saturated heterocycles. The first-order valence-electron chi connectivity index (χ1n) is 8.72. The lowest BCUT2D eigenvalue weighted by Gasteiger charge is -2.20. The van der Waals surface area contributed by atoms with Gasteiger partial charge in [-0.3, -0.25) is 0 Å². The number of sulfonamides is 1. The average molecular weight is 414 g/mol. The maximum absolute atomic E-state index is 14.1. The molecular weight excluding hydrogens is 392 g/mol. The molecule has 1 aliphatic rings. The van der Waals surface area contributed by atoms with Crippen LogP contribution < -0.4 is 4.74 Å². The third-order valence-corrected chi connectivity index (χ3v) is 7.60. The van der Waals surface area contributed by atoms with E-state index in [0.717, 1.165) is 6.07 Å². The summed E-state index contributed by atoms with van der Waals surface area (Å²) in [4.78, 5) is -0.0993. The van der Waals surface area contributed by atoms with Crippen molar-refractivity contribution < 1.29 is 21.9 Å². The molecular formula is C19H21F2NO3S2. The second-order valence-electron chi connectivity index (χ2n) is 6.10. The highest BCUT2D eigenvalue weighted by molar-refractivity contribution is 7.99. The number of hydrogen-bond acceptors (Lipinski definition) is 4. The number of thioether (sulfide) groups is 1. The van der Waals surface area contributed by atoms with Gasteiger partial charge in [-0.1, -0.05) is 18.2 Å². The molecule has 146 valence electrons. The van der Waals surface area contributed by atoms with Crippen LogP contribution in [0, 0.1) is 11.6 Å². The Bertz CT molecular complexity index is 906. The normalized spacial score (nSPS) is 18.9. The van der Waals surface area contributed by atoms with Gasteiger partial charge in [-0.2, -0.15) is 16.1 Å². The number of hydrogen-bond donors (Lipinski definition) is 0. The topological polar surface area (TPSA) is 46.6 Å². The van der Waals surface area contributed by atoms with Crippen molar-refractivity contribution in [1.82, 2.24) is 4.31 Å². The number of nitrogens with zero attached hydrogens (tertiary/aromatic N) is 1. The maximum atomic E-state index is 14.1. The number of rotatable bonds is 5. The molecule has 0 bridgehead atoms. The molecule has 1 heterocycles. The van der Waals surface area contributed by atoms with Crippen LogP contribution in [-0.4, -0.2) is 38.2 Å². The summed E-state index contributed by atoms with van der Waals surface area (Å²) in [6, 6.07) is 10.2. The molecule has 0 spiro atoms. The molecule has 3 rings (SSSR count). The van der Waals surface area contributed by atoms with E-state index in [1.165, 1.54) is 34.3 Å². The predicted molar refractivity (Wildman–Crippen MR) is 103 cm³/mol. The fraction of sp³-hybridized carbons (Fsp3) is 0.368. The highest BCUT2D eigenvalue weighted by Crippen LogP contribution is 2.37. The lowest BCUT2D eigenvalue weighted by molar-refractivity contribution is 0.321. The Morgan fingerprint density at radius 3 is 2.63 bits per heavy atom. The van der Waals surface area contributed by atoms with Crippen LogP contribution >= 0.6 is 11.8 Å². The van der Waals surface area contributed by atoms with Gasteiger partial charge in [-0.05, 0) is 37.6 Å². The Morgan fingerprint density at radius 2 is 1.93 bits per heavy atom. The van der Waals surface area contributed by atoms with Crippen molar-refractivity contribution in [1.29, 1.82) is 0 Å². The van der Waals surface area contributed by atoms with Crippen molar-refractivity contribution in [3.8, 4) is 5.75 Å². The smallest absolute Gasteiger partial charge is 0.243 e. The first-order chi connectivity index (χ1) is 12.9. The fourth-order valence-corrected chi connectivity index (χ4v) is 5.88. The van der Waals surface area contributed by atoms with E-state index in [1.807, 2.05) is 0 Å². The minimum atomic E-state index is -3.82. The fourth-order valence-electron chi connectivity index (χ4n) is 3.04. The van der Waals surface area contributed by atoms with Gasteiger partial charge in [-0.15, -0.1) is 0 Å². The summed E-state index contributed by atoms with van der Waals surface area (Å²) >= 11 is 1.54. The average Bonchev–Trinajstić information content (AvgIpc) is 2.90. The van der Waals surface area contributed by atoms with Crippen molar-refractivity contribution in [2.24, 2.45) is 0 Å². The van der Waals surface area contributed by atoms with Gasteiger partial charge in [0, 0.05) is 29.7 Å². The van der Waals surface area contributed by atoms with Gasteiger partial charge >= 0.3 is 0 Å². The Labute approximate surface area is 162 Å². The lowest BCUT2D eigenvalue weighted by Crippen LogP contribution is -2.33. The molecule has 1 atom stereocenters. The minimum absolute atomic E-state index is 0.0301. The van der Waals surface area contributed by atoms with Crippen LogP contribution in [-0.2, 0) is 10.0 Å². The van der Waals surface area contributed by atoms with Gasteiger partial charge < -0.3 is 4.74 Å². The summed E-state index contributed by atoms with van der Waals surface area (Å²) in [6.45, 7) is 2.57. The summed E-state index contributed by atoms with van der Waals surface area (Å²) in [5.41, 5.74) is 0.592. The van der Waals surface area contributed by atoms with Crippen LogP contribution in [0.3, 0.4) is 0 Å². The van der Waals surface area contributed by atoms with E-state index in [2.05, 4.69) is 0 Å². The minimum Gasteiger partial charge on any atom is -0.491 e. The molecule has 2 aromatic rings. The number of halogens is 2. The quantitative estimate of drug-likeness (QED) is 0.736. The SMILES string of the molecule is CCOc1ccc(S(=O)(=O)N2CCSC(c3ccccc3F)CC2)cc1F. The predicted octanol–water partition coefficient (Wildman–Crippen LogP) is 4.23. The van der Waals surface area contributed by atoms with Gasteiger partial charge in [0.1, 0.15) is 5.82 Å². The summed E-state index contributed by atoms with van der Waals surface area (Å²) in [6.07, 6.45) is 0.490. The maximum Gasteiger partial charge on any atom is 0.243 e. The molecule has 2 aromatic carbocycles. The van der Waals surface area contributed by atoms with Crippen LogP contribution in [0.5, 0.6) is 5.75 Å². The first kappa shape index (κ1) is 20.1. The lowest BCUT2D eigenvalue weighted by atomic mass is 10.1. The molecule has 0 aromatic heterocycles. The van der Waals surface area contributed by atoms with E-state index in [9.17, 15) is 17.2 Å². The standard InChI is InChI=1S/C19H21F2NO3S2/c1-2-25-18-8-7-14(13-17(18)21)27(23,24)22-10-9-19(26-12-11-22)15-5-3-4-6-16(15)20/h3-8,13,19H,2,9-12H2,1H3. The van der Waals surface area contributed by atoms with Crippen LogP contribution in [0.15, 0.2) is 47.4 Å². The first-order valence-corrected chi connectivity index (χ1v) is 11.2. The molecule has 0 aliphatic carbocycles. The van der Waals surface area contributed by atoms with Gasteiger partial charge in [0.25, 0.3) is 0 Å². The molecule has 1 unspecified atom stereocenters. The molecule has 0 N–H and O–H groups in total. The molecule has 1 aliphatic heterocycles. The van der Waals surface area contributed by atoms with Gasteiger partial charge in [0.2, 0.25) is 10.0 Å². The van der Waals surface area contributed by atoms with Crippen molar-refractivity contribution in [2.75, 3.05) is 25.4 Å². The molecule has 27 heavy (non-hydrogen) atoms. The second-order valence-corrected chi connectivity index (χ2v) is 9.35. The van der Waals surface area contributed by atoms with E-state index >= 15 is 0 Å². The van der Waals surface area contributed by atoms with E-state index in [4.69, 9.17) is 4.74 Å². The van der Waals surface area contributed by atoms with Crippen LogP contribution in [0.4, 0.5) is 8.78 Å². The summed E-state index contributed by atoms with van der Waals surface area (Å²) in [5.74, 6) is -0.411. The van der Waals surface area contributed by atoms with Crippen molar-refractivity contribution in [3.05, 3.63) is 59.7 Å². The highest BCUT2D eigenvalue weighted by atomic mass is 32.2.